The molecule has 6 nitrogen and oxygen atoms in total. The Hall–Kier alpha value is -2.60. The second-order valence-electron chi connectivity index (χ2n) is 5.66. The highest BCUT2D eigenvalue weighted by atomic mass is 16.7. The molecule has 126 valence electrons. The van der Waals surface area contributed by atoms with Crippen LogP contribution >= 0.6 is 0 Å². The normalized spacial score (nSPS) is 21.0. The van der Waals surface area contributed by atoms with Crippen LogP contribution < -0.4 is 23.7 Å². The van der Waals surface area contributed by atoms with Crippen LogP contribution in [0.4, 0.5) is 0 Å². The van der Waals surface area contributed by atoms with Crippen LogP contribution in [0, 0.1) is 0 Å². The summed E-state index contributed by atoms with van der Waals surface area (Å²) in [5, 5.41) is 10.7. The monoisotopic (exact) mass is 330 g/mol. The van der Waals surface area contributed by atoms with E-state index in [1.54, 1.807) is 13.2 Å². The van der Waals surface area contributed by atoms with Gasteiger partial charge in [0.2, 0.25) is 12.5 Å². The molecule has 0 aliphatic carbocycles. The molecule has 0 saturated carbocycles. The molecule has 2 aliphatic rings. The average Bonchev–Trinajstić information content (AvgIpc) is 3.07. The van der Waals surface area contributed by atoms with Gasteiger partial charge >= 0.3 is 0 Å². The van der Waals surface area contributed by atoms with E-state index in [4.69, 9.17) is 23.7 Å². The first-order valence-electron chi connectivity index (χ1n) is 7.71. The Bertz CT molecular complexity index is 772. The molecule has 0 fully saturated rings. The highest BCUT2D eigenvalue weighted by molar-refractivity contribution is 5.64. The SMILES string of the molecule is COc1ccccc1C1CC(O)c2c(cc3c(c2OC)OCO3)O1. The number of ether oxygens (including phenoxy) is 5. The zero-order valence-corrected chi connectivity index (χ0v) is 13.4. The fourth-order valence-corrected chi connectivity index (χ4v) is 3.26. The lowest BCUT2D eigenvalue weighted by Gasteiger charge is -2.31. The van der Waals surface area contributed by atoms with Crippen LogP contribution in [0.1, 0.15) is 29.8 Å². The third-order valence-corrected chi connectivity index (χ3v) is 4.35. The molecule has 6 heteroatoms. The fourth-order valence-electron chi connectivity index (χ4n) is 3.26. The predicted octanol–water partition coefficient (Wildman–Crippen LogP) is 2.99. The minimum Gasteiger partial charge on any atom is -0.496 e. The van der Waals surface area contributed by atoms with Crippen molar-refractivity contribution in [2.45, 2.75) is 18.6 Å². The van der Waals surface area contributed by atoms with Crippen LogP contribution in [0.5, 0.6) is 28.7 Å². The van der Waals surface area contributed by atoms with E-state index in [-0.39, 0.29) is 12.9 Å². The van der Waals surface area contributed by atoms with Crippen molar-refractivity contribution in [1.82, 2.24) is 0 Å². The first-order valence-corrected chi connectivity index (χ1v) is 7.71. The van der Waals surface area contributed by atoms with Gasteiger partial charge in [-0.3, -0.25) is 0 Å². The Morgan fingerprint density at radius 1 is 1.08 bits per heavy atom. The van der Waals surface area contributed by atoms with Crippen LogP contribution in [0.15, 0.2) is 30.3 Å². The quantitative estimate of drug-likeness (QED) is 0.933. The summed E-state index contributed by atoms with van der Waals surface area (Å²) >= 11 is 0. The van der Waals surface area contributed by atoms with Gasteiger partial charge in [0.05, 0.1) is 25.9 Å². The Morgan fingerprint density at radius 3 is 2.71 bits per heavy atom. The summed E-state index contributed by atoms with van der Waals surface area (Å²) in [5.41, 5.74) is 1.48. The number of hydrogen-bond donors (Lipinski definition) is 1. The maximum Gasteiger partial charge on any atom is 0.231 e. The smallest absolute Gasteiger partial charge is 0.231 e. The summed E-state index contributed by atoms with van der Waals surface area (Å²) < 4.78 is 27.9. The van der Waals surface area contributed by atoms with Crippen LogP contribution in [0.25, 0.3) is 0 Å². The van der Waals surface area contributed by atoms with Gasteiger partial charge in [-0.25, -0.2) is 0 Å². The van der Waals surface area contributed by atoms with E-state index in [9.17, 15) is 5.11 Å². The maximum atomic E-state index is 10.7. The Morgan fingerprint density at radius 2 is 1.92 bits per heavy atom. The van der Waals surface area contributed by atoms with Gasteiger partial charge in [-0.15, -0.1) is 0 Å². The van der Waals surface area contributed by atoms with Crippen molar-refractivity contribution < 1.29 is 28.8 Å². The summed E-state index contributed by atoms with van der Waals surface area (Å²) in [6, 6.07) is 9.37. The molecule has 0 bridgehead atoms. The number of methoxy groups -OCH3 is 2. The lowest BCUT2D eigenvalue weighted by atomic mass is 9.93. The molecule has 1 N–H and O–H groups in total. The van der Waals surface area contributed by atoms with Crippen LogP contribution in [-0.2, 0) is 0 Å². The molecule has 0 aromatic heterocycles. The molecule has 2 aliphatic heterocycles. The topological polar surface area (TPSA) is 66.4 Å². The van der Waals surface area contributed by atoms with Crippen molar-refractivity contribution >= 4 is 0 Å². The highest BCUT2D eigenvalue weighted by Gasteiger charge is 2.36. The zero-order chi connectivity index (χ0) is 16.7. The molecule has 0 radical (unpaired) electrons. The van der Waals surface area contributed by atoms with Gasteiger partial charge in [0, 0.05) is 18.1 Å². The van der Waals surface area contributed by atoms with Crippen molar-refractivity contribution in [3.63, 3.8) is 0 Å². The molecule has 2 aromatic rings. The molecular formula is C18H18O6. The zero-order valence-electron chi connectivity index (χ0n) is 13.4. The van der Waals surface area contributed by atoms with E-state index < -0.39 is 6.10 Å². The summed E-state index contributed by atoms with van der Waals surface area (Å²) in [6.07, 6.45) is -0.676. The van der Waals surface area contributed by atoms with Crippen molar-refractivity contribution in [3.05, 3.63) is 41.5 Å². The fraction of sp³-hybridized carbons (Fsp3) is 0.333. The molecular weight excluding hydrogens is 312 g/mol. The maximum absolute atomic E-state index is 10.7. The first-order chi connectivity index (χ1) is 11.7. The number of fused-ring (bicyclic) bond motifs is 2. The van der Waals surface area contributed by atoms with Crippen LogP contribution in [0.3, 0.4) is 0 Å². The van der Waals surface area contributed by atoms with E-state index in [1.165, 1.54) is 7.11 Å². The summed E-state index contributed by atoms with van der Waals surface area (Å²) in [5.74, 6) is 2.79. The van der Waals surface area contributed by atoms with Gasteiger partial charge < -0.3 is 28.8 Å². The van der Waals surface area contributed by atoms with Gasteiger partial charge in [-0.2, -0.15) is 0 Å². The second-order valence-corrected chi connectivity index (χ2v) is 5.66. The largest absolute Gasteiger partial charge is 0.496 e. The van der Waals surface area contributed by atoms with E-state index >= 15 is 0 Å². The number of para-hydroxylation sites is 1. The third kappa shape index (κ3) is 2.22. The third-order valence-electron chi connectivity index (χ3n) is 4.35. The Labute approximate surface area is 139 Å². The van der Waals surface area contributed by atoms with Crippen molar-refractivity contribution in [2.24, 2.45) is 0 Å². The average molecular weight is 330 g/mol. The Kier molecular flexibility index (Phi) is 3.61. The van der Waals surface area contributed by atoms with Crippen molar-refractivity contribution in [1.29, 1.82) is 0 Å². The van der Waals surface area contributed by atoms with Crippen molar-refractivity contribution in [2.75, 3.05) is 21.0 Å². The lowest BCUT2D eigenvalue weighted by molar-refractivity contribution is 0.0618. The van der Waals surface area contributed by atoms with Gasteiger partial charge in [-0.1, -0.05) is 18.2 Å². The summed E-state index contributed by atoms with van der Waals surface area (Å²) in [6.45, 7) is 0.126. The number of rotatable bonds is 3. The number of benzene rings is 2. The lowest BCUT2D eigenvalue weighted by Crippen LogP contribution is -2.20. The standard InChI is InChI=1S/C18H18O6/c1-20-12-6-4-3-5-10(12)13-7-11(19)16-14(24-13)8-15-17(18(16)21-2)23-9-22-15/h3-6,8,11,13,19H,7,9H2,1-2H3. The van der Waals surface area contributed by atoms with E-state index in [2.05, 4.69) is 0 Å². The molecule has 2 heterocycles. The minimum atomic E-state index is -0.742. The van der Waals surface area contributed by atoms with Gasteiger partial charge in [0.25, 0.3) is 0 Å². The molecule has 24 heavy (non-hydrogen) atoms. The minimum absolute atomic E-state index is 0.126. The van der Waals surface area contributed by atoms with E-state index in [1.807, 2.05) is 24.3 Å². The first kappa shape index (κ1) is 15.0. The second kappa shape index (κ2) is 5.79. The molecule has 2 unspecified atom stereocenters. The summed E-state index contributed by atoms with van der Waals surface area (Å²) in [4.78, 5) is 0. The van der Waals surface area contributed by atoms with Crippen molar-refractivity contribution in [3.8, 4) is 28.7 Å². The molecule has 0 spiro atoms. The van der Waals surface area contributed by atoms with Gasteiger partial charge in [0.1, 0.15) is 17.6 Å². The van der Waals surface area contributed by atoms with Crippen LogP contribution in [0.2, 0.25) is 0 Å². The highest BCUT2D eigenvalue weighted by Crippen LogP contribution is 2.54. The Balaban J connectivity index is 1.78. The number of aliphatic hydroxyl groups is 1. The molecule has 0 amide bonds. The summed E-state index contributed by atoms with van der Waals surface area (Å²) in [7, 11) is 3.16. The molecule has 2 atom stereocenters. The number of aliphatic hydroxyl groups excluding tert-OH is 1. The van der Waals surface area contributed by atoms with Gasteiger partial charge in [0.15, 0.2) is 11.5 Å². The van der Waals surface area contributed by atoms with E-state index in [0.717, 1.165) is 11.3 Å². The number of hydrogen-bond acceptors (Lipinski definition) is 6. The van der Waals surface area contributed by atoms with E-state index in [0.29, 0.717) is 35.0 Å². The molecule has 4 rings (SSSR count). The molecule has 2 aromatic carbocycles. The predicted molar refractivity (Wildman–Crippen MR) is 85.1 cm³/mol. The molecule has 0 saturated heterocycles. The van der Waals surface area contributed by atoms with Crippen LogP contribution in [-0.4, -0.2) is 26.1 Å². The van der Waals surface area contributed by atoms with Gasteiger partial charge in [-0.05, 0) is 6.07 Å².